The number of pyridine rings is 1. The molecular weight excluding hydrogens is 218 g/mol. The van der Waals surface area contributed by atoms with E-state index in [1.165, 1.54) is 0 Å². The molecule has 17 heavy (non-hydrogen) atoms. The van der Waals surface area contributed by atoms with Crippen LogP contribution in [-0.4, -0.2) is 24.0 Å². The van der Waals surface area contributed by atoms with Crippen LogP contribution in [0.3, 0.4) is 0 Å². The number of nitrogens with one attached hydrogen (secondary N) is 2. The minimum atomic E-state index is -0.0198. The number of amides is 1. The summed E-state index contributed by atoms with van der Waals surface area (Å²) in [5.74, 6) is 0.0604. The highest BCUT2D eigenvalue weighted by Gasteiger charge is 2.22. The summed E-state index contributed by atoms with van der Waals surface area (Å²) < 4.78 is 5.44. The molecule has 2 N–H and O–H groups in total. The highest BCUT2D eigenvalue weighted by Crippen LogP contribution is 2.26. The standard InChI is InChI=1S/C12H13N3O2/c16-11-6-9(13-4-5-14-11)8-7-17-10-2-1-3-15-12(8)10/h1-3,7,9,13H,4-6H2,(H,14,16). The number of carbonyl (C=O) groups excluding carboxylic acids is 1. The van der Waals surface area contributed by atoms with Crippen LogP contribution in [0.4, 0.5) is 0 Å². The van der Waals surface area contributed by atoms with Crippen LogP contribution in [0, 0.1) is 0 Å². The van der Waals surface area contributed by atoms with E-state index in [4.69, 9.17) is 4.42 Å². The Labute approximate surface area is 98.2 Å². The smallest absolute Gasteiger partial charge is 0.221 e. The fraction of sp³-hybridized carbons (Fsp3) is 0.333. The van der Waals surface area contributed by atoms with Gasteiger partial charge in [0.1, 0.15) is 5.52 Å². The lowest BCUT2D eigenvalue weighted by Crippen LogP contribution is -2.24. The second kappa shape index (κ2) is 4.18. The Balaban J connectivity index is 1.99. The van der Waals surface area contributed by atoms with Crippen LogP contribution in [-0.2, 0) is 4.79 Å². The van der Waals surface area contributed by atoms with E-state index in [-0.39, 0.29) is 11.9 Å². The largest absolute Gasteiger partial charge is 0.462 e. The van der Waals surface area contributed by atoms with E-state index in [2.05, 4.69) is 15.6 Å². The maximum Gasteiger partial charge on any atom is 0.221 e. The molecule has 1 fully saturated rings. The zero-order valence-corrected chi connectivity index (χ0v) is 9.27. The summed E-state index contributed by atoms with van der Waals surface area (Å²) in [6.45, 7) is 1.43. The van der Waals surface area contributed by atoms with Crippen molar-refractivity contribution in [2.24, 2.45) is 0 Å². The molecule has 2 aromatic rings. The van der Waals surface area contributed by atoms with Gasteiger partial charge >= 0.3 is 0 Å². The number of rotatable bonds is 1. The van der Waals surface area contributed by atoms with Crippen molar-refractivity contribution in [1.29, 1.82) is 0 Å². The van der Waals surface area contributed by atoms with E-state index in [9.17, 15) is 4.79 Å². The summed E-state index contributed by atoms with van der Waals surface area (Å²) in [6.07, 6.45) is 3.84. The monoisotopic (exact) mass is 231 g/mol. The van der Waals surface area contributed by atoms with Gasteiger partial charge in [-0.25, -0.2) is 0 Å². The van der Waals surface area contributed by atoms with Crippen LogP contribution in [0.25, 0.3) is 11.1 Å². The van der Waals surface area contributed by atoms with Gasteiger partial charge in [-0.1, -0.05) is 0 Å². The van der Waals surface area contributed by atoms with E-state index in [1.54, 1.807) is 12.5 Å². The second-order valence-corrected chi connectivity index (χ2v) is 4.10. The van der Waals surface area contributed by atoms with E-state index in [0.29, 0.717) is 13.0 Å². The molecule has 0 aromatic carbocycles. The van der Waals surface area contributed by atoms with Crippen molar-refractivity contribution in [1.82, 2.24) is 15.6 Å². The number of fused-ring (bicyclic) bond motifs is 1. The van der Waals surface area contributed by atoms with Crippen LogP contribution in [0.1, 0.15) is 18.0 Å². The molecule has 1 aliphatic heterocycles. The first-order chi connectivity index (χ1) is 8.34. The summed E-state index contributed by atoms with van der Waals surface area (Å²) in [6, 6.07) is 3.69. The predicted octanol–water partition coefficient (Wildman–Crippen LogP) is 0.978. The summed E-state index contributed by atoms with van der Waals surface area (Å²) in [7, 11) is 0. The van der Waals surface area contributed by atoms with Gasteiger partial charge in [-0.2, -0.15) is 0 Å². The molecule has 0 spiro atoms. The molecule has 5 nitrogen and oxygen atoms in total. The van der Waals surface area contributed by atoms with Gasteiger partial charge in [0.05, 0.1) is 6.26 Å². The van der Waals surface area contributed by atoms with Gasteiger partial charge in [-0.15, -0.1) is 0 Å². The van der Waals surface area contributed by atoms with Crippen molar-refractivity contribution in [3.05, 3.63) is 30.2 Å². The molecule has 1 unspecified atom stereocenters. The molecule has 1 amide bonds. The molecule has 3 rings (SSSR count). The molecule has 0 bridgehead atoms. The highest BCUT2D eigenvalue weighted by molar-refractivity contribution is 5.80. The molecule has 2 aromatic heterocycles. The Morgan fingerprint density at radius 2 is 2.35 bits per heavy atom. The Morgan fingerprint density at radius 1 is 1.41 bits per heavy atom. The average Bonchev–Trinajstić information content (AvgIpc) is 2.66. The van der Waals surface area contributed by atoms with Crippen LogP contribution in [0.2, 0.25) is 0 Å². The van der Waals surface area contributed by atoms with E-state index < -0.39 is 0 Å². The first kappa shape index (κ1) is 10.3. The maximum absolute atomic E-state index is 11.5. The molecule has 3 heterocycles. The lowest BCUT2D eigenvalue weighted by molar-refractivity contribution is -0.121. The highest BCUT2D eigenvalue weighted by atomic mass is 16.3. The lowest BCUT2D eigenvalue weighted by Gasteiger charge is -2.12. The third kappa shape index (κ3) is 1.89. The topological polar surface area (TPSA) is 67.2 Å². The van der Waals surface area contributed by atoms with Crippen LogP contribution in [0.5, 0.6) is 0 Å². The van der Waals surface area contributed by atoms with Crippen molar-refractivity contribution >= 4 is 17.0 Å². The zero-order valence-electron chi connectivity index (χ0n) is 9.27. The third-order valence-corrected chi connectivity index (χ3v) is 2.96. The number of aromatic nitrogens is 1. The van der Waals surface area contributed by atoms with Crippen LogP contribution >= 0.6 is 0 Å². The number of hydrogen-bond acceptors (Lipinski definition) is 4. The molecular formula is C12H13N3O2. The molecule has 1 atom stereocenters. The molecule has 1 aliphatic rings. The molecule has 5 heteroatoms. The van der Waals surface area contributed by atoms with Gasteiger partial charge in [-0.3, -0.25) is 9.78 Å². The van der Waals surface area contributed by atoms with Crippen molar-refractivity contribution in [3.8, 4) is 0 Å². The van der Waals surface area contributed by atoms with Crippen molar-refractivity contribution in [2.45, 2.75) is 12.5 Å². The fourth-order valence-electron chi connectivity index (χ4n) is 2.13. The van der Waals surface area contributed by atoms with Crippen molar-refractivity contribution in [2.75, 3.05) is 13.1 Å². The summed E-state index contributed by atoms with van der Waals surface area (Å²) in [4.78, 5) is 15.8. The van der Waals surface area contributed by atoms with Crippen molar-refractivity contribution < 1.29 is 9.21 Å². The van der Waals surface area contributed by atoms with E-state index in [0.717, 1.165) is 23.2 Å². The Kier molecular flexibility index (Phi) is 2.53. The number of hydrogen-bond donors (Lipinski definition) is 2. The minimum Gasteiger partial charge on any atom is -0.462 e. The SMILES string of the molecule is O=C1CC(c2coc3cccnc23)NCCN1. The second-order valence-electron chi connectivity index (χ2n) is 4.10. The molecule has 88 valence electrons. The predicted molar refractivity (Wildman–Crippen MR) is 62.4 cm³/mol. The fourth-order valence-corrected chi connectivity index (χ4v) is 2.13. The van der Waals surface area contributed by atoms with Gasteiger partial charge in [0, 0.05) is 37.3 Å². The minimum absolute atomic E-state index is 0.0198. The van der Waals surface area contributed by atoms with Crippen LogP contribution in [0.15, 0.2) is 29.0 Å². The third-order valence-electron chi connectivity index (χ3n) is 2.96. The summed E-state index contributed by atoms with van der Waals surface area (Å²) in [5, 5.41) is 6.16. The van der Waals surface area contributed by atoms with Crippen molar-refractivity contribution in [3.63, 3.8) is 0 Å². The maximum atomic E-state index is 11.5. The Bertz CT molecular complexity index is 549. The normalized spacial score (nSPS) is 21.2. The number of carbonyl (C=O) groups is 1. The summed E-state index contributed by atoms with van der Waals surface area (Å²) in [5.41, 5.74) is 2.55. The number of nitrogens with zero attached hydrogens (tertiary/aromatic N) is 1. The first-order valence-electron chi connectivity index (χ1n) is 5.67. The van der Waals surface area contributed by atoms with Gasteiger partial charge in [0.2, 0.25) is 5.91 Å². The molecule has 0 radical (unpaired) electrons. The number of furan rings is 1. The molecule has 1 saturated heterocycles. The summed E-state index contributed by atoms with van der Waals surface area (Å²) >= 11 is 0. The average molecular weight is 231 g/mol. The molecule has 0 saturated carbocycles. The van der Waals surface area contributed by atoms with E-state index >= 15 is 0 Å². The van der Waals surface area contributed by atoms with E-state index in [1.807, 2.05) is 12.1 Å². The van der Waals surface area contributed by atoms with Crippen LogP contribution < -0.4 is 10.6 Å². The van der Waals surface area contributed by atoms with Gasteiger partial charge in [0.25, 0.3) is 0 Å². The molecule has 0 aliphatic carbocycles. The zero-order chi connectivity index (χ0) is 11.7. The Hall–Kier alpha value is -1.88. The van der Waals surface area contributed by atoms with Gasteiger partial charge in [-0.05, 0) is 12.1 Å². The van der Waals surface area contributed by atoms with Gasteiger partial charge in [0.15, 0.2) is 5.58 Å². The Morgan fingerprint density at radius 3 is 3.29 bits per heavy atom. The lowest BCUT2D eigenvalue weighted by atomic mass is 10.1. The first-order valence-corrected chi connectivity index (χ1v) is 5.67. The van der Waals surface area contributed by atoms with Gasteiger partial charge < -0.3 is 15.1 Å². The quantitative estimate of drug-likeness (QED) is 0.767.